The van der Waals surface area contributed by atoms with Crippen molar-refractivity contribution in [2.24, 2.45) is 5.73 Å². The molecule has 2 rings (SSSR count). The van der Waals surface area contributed by atoms with E-state index in [4.69, 9.17) is 5.73 Å². The van der Waals surface area contributed by atoms with Crippen molar-refractivity contribution in [3.63, 3.8) is 0 Å². The number of aryl methyl sites for hydroxylation is 1. The van der Waals surface area contributed by atoms with Crippen molar-refractivity contribution in [1.82, 2.24) is 0 Å². The minimum absolute atomic E-state index is 0.487. The number of benzene rings is 2. The zero-order chi connectivity index (χ0) is 13.0. The van der Waals surface area contributed by atoms with Crippen LogP contribution in [0.5, 0.6) is 0 Å². The molecule has 18 heavy (non-hydrogen) atoms. The van der Waals surface area contributed by atoms with E-state index in [9.17, 15) is 4.21 Å². The van der Waals surface area contributed by atoms with Gasteiger partial charge in [-0.15, -0.1) is 0 Å². The van der Waals surface area contributed by atoms with Gasteiger partial charge in [-0.05, 0) is 30.2 Å². The first-order chi connectivity index (χ1) is 8.70. The smallest absolute Gasteiger partial charge is 0.0574 e. The van der Waals surface area contributed by atoms with Crippen molar-refractivity contribution >= 4 is 10.8 Å². The number of rotatable bonds is 4. The lowest BCUT2D eigenvalue weighted by Gasteiger charge is -2.07. The summed E-state index contributed by atoms with van der Waals surface area (Å²) in [6.07, 6.45) is 0. The lowest BCUT2D eigenvalue weighted by Crippen LogP contribution is -2.04. The molecular weight excluding hydrogens is 242 g/mol. The van der Waals surface area contributed by atoms with Gasteiger partial charge < -0.3 is 5.73 Å². The van der Waals surface area contributed by atoms with E-state index in [0.29, 0.717) is 12.3 Å². The Balaban J connectivity index is 2.18. The summed E-state index contributed by atoms with van der Waals surface area (Å²) in [4.78, 5) is 0.868. The van der Waals surface area contributed by atoms with Gasteiger partial charge in [0.1, 0.15) is 0 Å². The molecule has 0 aliphatic carbocycles. The molecule has 2 aromatic carbocycles. The Morgan fingerprint density at radius 3 is 2.22 bits per heavy atom. The molecule has 0 amide bonds. The van der Waals surface area contributed by atoms with Crippen molar-refractivity contribution < 1.29 is 4.21 Å². The fourth-order valence-corrected chi connectivity index (χ4v) is 2.98. The number of hydrogen-bond acceptors (Lipinski definition) is 2. The van der Waals surface area contributed by atoms with Gasteiger partial charge in [-0.3, -0.25) is 4.21 Å². The maximum Gasteiger partial charge on any atom is 0.0574 e. The van der Waals surface area contributed by atoms with E-state index < -0.39 is 10.8 Å². The van der Waals surface area contributed by atoms with E-state index in [1.54, 1.807) is 0 Å². The van der Waals surface area contributed by atoms with Crippen LogP contribution in [0.25, 0.3) is 0 Å². The Bertz CT molecular complexity index is 549. The van der Waals surface area contributed by atoms with Crippen LogP contribution in [0.1, 0.15) is 16.7 Å². The minimum atomic E-state index is -1.01. The van der Waals surface area contributed by atoms with Crippen molar-refractivity contribution in [1.29, 1.82) is 0 Å². The van der Waals surface area contributed by atoms with Gasteiger partial charge in [-0.1, -0.05) is 42.0 Å². The van der Waals surface area contributed by atoms with Crippen molar-refractivity contribution in [2.75, 3.05) is 0 Å². The van der Waals surface area contributed by atoms with Gasteiger partial charge in [0.15, 0.2) is 0 Å². The van der Waals surface area contributed by atoms with Crippen LogP contribution in [0.3, 0.4) is 0 Å². The molecule has 0 aromatic heterocycles. The molecule has 0 saturated heterocycles. The number of nitrogens with two attached hydrogens (primary N) is 1. The van der Waals surface area contributed by atoms with Gasteiger partial charge in [-0.25, -0.2) is 0 Å². The summed E-state index contributed by atoms with van der Waals surface area (Å²) in [6, 6.07) is 15.7. The summed E-state index contributed by atoms with van der Waals surface area (Å²) in [5.74, 6) is 0.524. The Morgan fingerprint density at radius 1 is 1.00 bits per heavy atom. The highest BCUT2D eigenvalue weighted by atomic mass is 32.2. The first kappa shape index (κ1) is 13.0. The lowest BCUT2D eigenvalue weighted by atomic mass is 10.1. The summed E-state index contributed by atoms with van der Waals surface area (Å²) in [6.45, 7) is 2.51. The summed E-state index contributed by atoms with van der Waals surface area (Å²) in [5, 5.41) is 0. The molecule has 0 fully saturated rings. The third-order valence-corrected chi connectivity index (χ3v) is 4.28. The third kappa shape index (κ3) is 3.06. The largest absolute Gasteiger partial charge is 0.326 e. The molecule has 1 atom stereocenters. The van der Waals surface area contributed by atoms with E-state index in [1.807, 2.05) is 55.5 Å². The van der Waals surface area contributed by atoms with Crippen LogP contribution >= 0.6 is 0 Å². The second-order valence-corrected chi connectivity index (χ2v) is 5.73. The highest BCUT2D eigenvalue weighted by molar-refractivity contribution is 7.84. The van der Waals surface area contributed by atoms with Gasteiger partial charge in [0, 0.05) is 11.4 Å². The van der Waals surface area contributed by atoms with Crippen molar-refractivity contribution in [2.45, 2.75) is 24.1 Å². The zero-order valence-electron chi connectivity index (χ0n) is 10.4. The van der Waals surface area contributed by atoms with Gasteiger partial charge >= 0.3 is 0 Å². The molecule has 0 saturated carbocycles. The normalized spacial score (nSPS) is 12.3. The van der Waals surface area contributed by atoms with Crippen LogP contribution in [0, 0.1) is 6.92 Å². The molecule has 94 valence electrons. The van der Waals surface area contributed by atoms with Crippen LogP contribution in [0.2, 0.25) is 0 Å². The molecule has 0 radical (unpaired) electrons. The summed E-state index contributed by atoms with van der Waals surface area (Å²) >= 11 is 0. The molecule has 2 N–H and O–H groups in total. The average molecular weight is 259 g/mol. The monoisotopic (exact) mass is 259 g/mol. The molecule has 2 aromatic rings. The molecule has 0 heterocycles. The summed E-state index contributed by atoms with van der Waals surface area (Å²) in [5.41, 5.74) is 9.00. The van der Waals surface area contributed by atoms with Gasteiger partial charge in [0.05, 0.1) is 16.6 Å². The first-order valence-electron chi connectivity index (χ1n) is 5.92. The van der Waals surface area contributed by atoms with Gasteiger partial charge in [-0.2, -0.15) is 0 Å². The standard InChI is InChI=1S/C15H17NOS/c1-12-6-8-15(9-7-12)18(17)11-14-5-3-2-4-13(14)10-16/h2-9H,10-11,16H2,1H3. The topological polar surface area (TPSA) is 43.1 Å². The predicted octanol–water partition coefficient (Wildman–Crippen LogP) is 2.76. The van der Waals surface area contributed by atoms with E-state index in [2.05, 4.69) is 0 Å². The van der Waals surface area contributed by atoms with Crippen LogP contribution < -0.4 is 5.73 Å². The Kier molecular flexibility index (Phi) is 4.28. The Labute approximate surface area is 110 Å². The highest BCUT2D eigenvalue weighted by Crippen LogP contribution is 2.16. The second-order valence-electron chi connectivity index (χ2n) is 4.28. The lowest BCUT2D eigenvalue weighted by molar-refractivity contribution is 0.682. The minimum Gasteiger partial charge on any atom is -0.326 e. The van der Waals surface area contributed by atoms with Gasteiger partial charge in [0.2, 0.25) is 0 Å². The Morgan fingerprint density at radius 2 is 1.61 bits per heavy atom. The van der Waals surface area contributed by atoms with Crippen LogP contribution in [0.15, 0.2) is 53.4 Å². The zero-order valence-corrected chi connectivity index (χ0v) is 11.2. The molecule has 0 spiro atoms. The van der Waals surface area contributed by atoms with Crippen LogP contribution in [0.4, 0.5) is 0 Å². The Hall–Kier alpha value is -1.45. The summed E-state index contributed by atoms with van der Waals surface area (Å²) in [7, 11) is -1.01. The molecule has 0 aliphatic rings. The fraction of sp³-hybridized carbons (Fsp3) is 0.200. The first-order valence-corrected chi connectivity index (χ1v) is 7.24. The van der Waals surface area contributed by atoms with E-state index >= 15 is 0 Å². The third-order valence-electron chi connectivity index (χ3n) is 2.91. The molecule has 2 nitrogen and oxygen atoms in total. The van der Waals surface area contributed by atoms with E-state index in [-0.39, 0.29) is 0 Å². The van der Waals surface area contributed by atoms with Crippen LogP contribution in [-0.4, -0.2) is 4.21 Å². The molecule has 3 heteroatoms. The SMILES string of the molecule is Cc1ccc(S(=O)Cc2ccccc2CN)cc1. The molecule has 0 bridgehead atoms. The highest BCUT2D eigenvalue weighted by Gasteiger charge is 2.07. The maximum absolute atomic E-state index is 12.3. The van der Waals surface area contributed by atoms with Crippen molar-refractivity contribution in [3.8, 4) is 0 Å². The quantitative estimate of drug-likeness (QED) is 0.917. The summed E-state index contributed by atoms with van der Waals surface area (Å²) < 4.78 is 12.3. The molecular formula is C15H17NOS. The van der Waals surface area contributed by atoms with Crippen molar-refractivity contribution in [3.05, 3.63) is 65.2 Å². The molecule has 0 aliphatic heterocycles. The molecule has 1 unspecified atom stereocenters. The predicted molar refractivity (Wildman–Crippen MR) is 75.6 cm³/mol. The second kappa shape index (κ2) is 5.94. The van der Waals surface area contributed by atoms with Crippen LogP contribution in [-0.2, 0) is 23.1 Å². The fourth-order valence-electron chi connectivity index (χ4n) is 1.81. The van der Waals surface area contributed by atoms with E-state index in [1.165, 1.54) is 5.56 Å². The maximum atomic E-state index is 12.3. The van der Waals surface area contributed by atoms with E-state index in [0.717, 1.165) is 16.0 Å². The number of hydrogen-bond donors (Lipinski definition) is 1. The average Bonchev–Trinajstić information content (AvgIpc) is 2.40. The van der Waals surface area contributed by atoms with Gasteiger partial charge in [0.25, 0.3) is 0 Å².